The molecule has 0 amide bonds. The van der Waals surface area contributed by atoms with Crippen LogP contribution in [0.25, 0.3) is 10.9 Å². The molecule has 110 valence electrons. The van der Waals surface area contributed by atoms with E-state index < -0.39 is 5.82 Å². The molecule has 0 aliphatic carbocycles. The highest BCUT2D eigenvalue weighted by atomic mass is 19.1. The molecule has 1 aromatic heterocycles. The number of ketones is 2. The number of hydrogen-bond acceptors (Lipinski definition) is 2. The summed E-state index contributed by atoms with van der Waals surface area (Å²) in [6.07, 6.45) is 1.88. The van der Waals surface area contributed by atoms with Crippen molar-refractivity contribution in [2.75, 3.05) is 0 Å². The molecule has 0 aliphatic rings. The van der Waals surface area contributed by atoms with E-state index in [-0.39, 0.29) is 30.0 Å². The molecule has 0 bridgehead atoms. The average Bonchev–Trinajstić information content (AvgIpc) is 3.00. The normalized spacial score (nSPS) is 10.8. The van der Waals surface area contributed by atoms with Gasteiger partial charge < -0.3 is 4.98 Å². The predicted octanol–water partition coefficient (Wildman–Crippen LogP) is 4.15. The van der Waals surface area contributed by atoms with E-state index in [9.17, 15) is 14.0 Å². The van der Waals surface area contributed by atoms with Gasteiger partial charge in [-0.15, -0.1) is 0 Å². The molecular formula is C18H14FNO2. The zero-order valence-electron chi connectivity index (χ0n) is 11.8. The largest absolute Gasteiger partial charge is 0.361 e. The van der Waals surface area contributed by atoms with Gasteiger partial charge in [-0.25, -0.2) is 4.39 Å². The lowest BCUT2D eigenvalue weighted by Crippen LogP contribution is -2.06. The van der Waals surface area contributed by atoms with E-state index in [2.05, 4.69) is 4.98 Å². The highest BCUT2D eigenvalue weighted by molar-refractivity contribution is 6.03. The number of carbonyl (C=O) groups is 2. The number of carbonyl (C=O) groups excluding carboxylic acids is 2. The van der Waals surface area contributed by atoms with Crippen molar-refractivity contribution in [3.63, 3.8) is 0 Å². The maximum absolute atomic E-state index is 13.5. The summed E-state index contributed by atoms with van der Waals surface area (Å²) >= 11 is 0. The summed E-state index contributed by atoms with van der Waals surface area (Å²) in [7, 11) is 0. The van der Waals surface area contributed by atoms with Crippen LogP contribution < -0.4 is 0 Å². The van der Waals surface area contributed by atoms with E-state index in [0.717, 1.165) is 10.9 Å². The number of rotatable bonds is 5. The average molecular weight is 295 g/mol. The zero-order chi connectivity index (χ0) is 15.5. The van der Waals surface area contributed by atoms with Crippen LogP contribution in [0.2, 0.25) is 0 Å². The molecule has 3 aromatic rings. The summed E-state index contributed by atoms with van der Waals surface area (Å²) in [6.45, 7) is 0. The number of nitrogens with one attached hydrogen (secondary N) is 1. The van der Waals surface area contributed by atoms with E-state index in [1.807, 2.05) is 12.1 Å². The molecule has 2 aromatic carbocycles. The van der Waals surface area contributed by atoms with Crippen molar-refractivity contribution in [2.24, 2.45) is 0 Å². The fourth-order valence-corrected chi connectivity index (χ4v) is 2.42. The number of Topliss-reactive ketones (excluding diaryl/α,β-unsaturated/α-hetero) is 2. The van der Waals surface area contributed by atoms with E-state index in [1.54, 1.807) is 24.4 Å². The SMILES string of the molecule is O=C(CCC(=O)c1ccccc1F)c1ccc2[nH]ccc2c1. The number of H-pyrrole nitrogens is 1. The summed E-state index contributed by atoms with van der Waals surface area (Å²) < 4.78 is 13.5. The molecular weight excluding hydrogens is 281 g/mol. The van der Waals surface area contributed by atoms with Gasteiger partial charge in [0.2, 0.25) is 0 Å². The van der Waals surface area contributed by atoms with Crippen molar-refractivity contribution in [3.05, 3.63) is 71.7 Å². The second-order valence-corrected chi connectivity index (χ2v) is 5.11. The second kappa shape index (κ2) is 5.93. The van der Waals surface area contributed by atoms with Gasteiger partial charge in [0, 0.05) is 35.5 Å². The van der Waals surface area contributed by atoms with Crippen LogP contribution in [0, 0.1) is 5.82 Å². The number of hydrogen-bond donors (Lipinski definition) is 1. The zero-order valence-corrected chi connectivity index (χ0v) is 11.8. The Morgan fingerprint density at radius 1 is 0.955 bits per heavy atom. The first-order valence-electron chi connectivity index (χ1n) is 7.03. The van der Waals surface area contributed by atoms with Crippen molar-refractivity contribution < 1.29 is 14.0 Å². The van der Waals surface area contributed by atoms with Gasteiger partial charge in [0.25, 0.3) is 0 Å². The van der Waals surface area contributed by atoms with E-state index >= 15 is 0 Å². The second-order valence-electron chi connectivity index (χ2n) is 5.11. The highest BCUT2D eigenvalue weighted by Gasteiger charge is 2.14. The molecule has 0 atom stereocenters. The number of aromatic nitrogens is 1. The molecule has 0 unspecified atom stereocenters. The summed E-state index contributed by atoms with van der Waals surface area (Å²) in [5, 5.41) is 0.950. The van der Waals surface area contributed by atoms with Crippen LogP contribution in [0.1, 0.15) is 33.6 Å². The quantitative estimate of drug-likeness (QED) is 0.719. The molecule has 3 nitrogen and oxygen atoms in total. The van der Waals surface area contributed by atoms with Gasteiger partial charge in [0.15, 0.2) is 11.6 Å². The van der Waals surface area contributed by atoms with Crippen molar-refractivity contribution in [3.8, 4) is 0 Å². The summed E-state index contributed by atoms with van der Waals surface area (Å²) in [5.74, 6) is -1.02. The van der Waals surface area contributed by atoms with Crippen molar-refractivity contribution in [2.45, 2.75) is 12.8 Å². The molecule has 4 heteroatoms. The Bertz CT molecular complexity index is 851. The molecule has 3 rings (SSSR count). The standard InChI is InChI=1S/C18H14FNO2/c19-15-4-2-1-3-14(15)18(22)8-7-17(21)13-5-6-16-12(11-13)9-10-20-16/h1-6,9-11,20H,7-8H2. The molecule has 0 saturated carbocycles. The van der Waals surface area contributed by atoms with Crippen LogP contribution in [-0.4, -0.2) is 16.6 Å². The molecule has 22 heavy (non-hydrogen) atoms. The first-order chi connectivity index (χ1) is 10.6. The lowest BCUT2D eigenvalue weighted by atomic mass is 10.0. The van der Waals surface area contributed by atoms with Crippen LogP contribution in [0.4, 0.5) is 4.39 Å². The Kier molecular flexibility index (Phi) is 3.83. The topological polar surface area (TPSA) is 49.9 Å². The summed E-state index contributed by atoms with van der Waals surface area (Å²) in [4.78, 5) is 27.2. The van der Waals surface area contributed by atoms with Gasteiger partial charge >= 0.3 is 0 Å². The van der Waals surface area contributed by atoms with Crippen LogP contribution in [-0.2, 0) is 0 Å². The smallest absolute Gasteiger partial charge is 0.166 e. The van der Waals surface area contributed by atoms with Crippen LogP contribution in [0.15, 0.2) is 54.7 Å². The highest BCUT2D eigenvalue weighted by Crippen LogP contribution is 2.17. The molecule has 1 N–H and O–H groups in total. The summed E-state index contributed by atoms with van der Waals surface area (Å²) in [5.41, 5.74) is 1.56. The van der Waals surface area contributed by atoms with Crippen LogP contribution >= 0.6 is 0 Å². The minimum Gasteiger partial charge on any atom is -0.361 e. The third-order valence-electron chi connectivity index (χ3n) is 3.63. The molecule has 0 fully saturated rings. The van der Waals surface area contributed by atoms with E-state index in [0.29, 0.717) is 5.56 Å². The maximum Gasteiger partial charge on any atom is 0.166 e. The van der Waals surface area contributed by atoms with Crippen molar-refractivity contribution in [1.82, 2.24) is 4.98 Å². The molecule has 0 spiro atoms. The van der Waals surface area contributed by atoms with E-state index in [1.165, 1.54) is 18.2 Å². The monoisotopic (exact) mass is 295 g/mol. The van der Waals surface area contributed by atoms with Gasteiger partial charge in [-0.05, 0) is 36.4 Å². The number of aromatic amines is 1. The Labute approximate surface area is 126 Å². The predicted molar refractivity (Wildman–Crippen MR) is 82.6 cm³/mol. The molecule has 0 aliphatic heterocycles. The lowest BCUT2D eigenvalue weighted by molar-refractivity contribution is 0.0915. The fourth-order valence-electron chi connectivity index (χ4n) is 2.42. The minimum atomic E-state index is -0.548. The Morgan fingerprint density at radius 3 is 2.55 bits per heavy atom. The summed E-state index contributed by atoms with van der Waals surface area (Å²) in [6, 6.07) is 13.1. The van der Waals surface area contributed by atoms with Crippen molar-refractivity contribution >= 4 is 22.5 Å². The lowest BCUT2D eigenvalue weighted by Gasteiger charge is -2.03. The van der Waals surface area contributed by atoms with Crippen molar-refractivity contribution in [1.29, 1.82) is 0 Å². The number of benzene rings is 2. The molecule has 0 radical (unpaired) electrons. The minimum absolute atomic E-state index is 0.00490. The van der Waals surface area contributed by atoms with E-state index in [4.69, 9.17) is 0 Å². The molecule has 0 saturated heterocycles. The first-order valence-corrected chi connectivity index (χ1v) is 7.03. The van der Waals surface area contributed by atoms with Gasteiger partial charge in [-0.3, -0.25) is 9.59 Å². The Balaban J connectivity index is 1.69. The van der Waals surface area contributed by atoms with Gasteiger partial charge in [-0.2, -0.15) is 0 Å². The van der Waals surface area contributed by atoms with Crippen LogP contribution in [0.3, 0.4) is 0 Å². The third kappa shape index (κ3) is 2.81. The van der Waals surface area contributed by atoms with Gasteiger partial charge in [-0.1, -0.05) is 12.1 Å². The third-order valence-corrected chi connectivity index (χ3v) is 3.63. The molecule has 1 heterocycles. The Hall–Kier alpha value is -2.75. The van der Waals surface area contributed by atoms with Gasteiger partial charge in [0.1, 0.15) is 5.82 Å². The maximum atomic E-state index is 13.5. The number of fused-ring (bicyclic) bond motifs is 1. The number of halogens is 1. The first kappa shape index (κ1) is 14.2. The van der Waals surface area contributed by atoms with Crippen LogP contribution in [0.5, 0.6) is 0 Å². The fraction of sp³-hybridized carbons (Fsp3) is 0.111. The Morgan fingerprint density at radius 2 is 1.73 bits per heavy atom. The van der Waals surface area contributed by atoms with Gasteiger partial charge in [0.05, 0.1) is 5.56 Å².